The van der Waals surface area contributed by atoms with Crippen molar-refractivity contribution in [1.29, 1.82) is 0 Å². The van der Waals surface area contributed by atoms with Crippen LogP contribution in [-0.2, 0) is 13.0 Å². The summed E-state index contributed by atoms with van der Waals surface area (Å²) in [4.78, 5) is 4.67. The van der Waals surface area contributed by atoms with E-state index in [1.54, 1.807) is 0 Å². The molecule has 4 heteroatoms. The molecule has 1 aromatic heterocycles. The largest absolute Gasteiger partial charge is 0.330 e. The molecule has 0 saturated heterocycles. The van der Waals surface area contributed by atoms with Gasteiger partial charge in [-0.3, -0.25) is 0 Å². The van der Waals surface area contributed by atoms with Crippen LogP contribution in [0.1, 0.15) is 38.4 Å². The van der Waals surface area contributed by atoms with Crippen molar-refractivity contribution in [2.45, 2.75) is 45.6 Å². The van der Waals surface area contributed by atoms with E-state index in [1.165, 1.54) is 31.4 Å². The van der Waals surface area contributed by atoms with Crippen molar-refractivity contribution in [3.05, 3.63) is 29.8 Å². The summed E-state index contributed by atoms with van der Waals surface area (Å²) in [6.45, 7) is 3.80. The van der Waals surface area contributed by atoms with Crippen molar-refractivity contribution in [2.24, 2.45) is 11.1 Å². The van der Waals surface area contributed by atoms with Crippen LogP contribution < -0.4 is 5.73 Å². The number of aryl methyl sites for hydroxylation is 1. The lowest BCUT2D eigenvalue weighted by Crippen LogP contribution is -2.39. The molecule has 2 N–H and O–H groups in total. The predicted octanol–water partition coefficient (Wildman–Crippen LogP) is 3.26. The fourth-order valence-electron chi connectivity index (χ4n) is 3.23. The van der Waals surface area contributed by atoms with Crippen LogP contribution in [0.3, 0.4) is 0 Å². The number of rotatable bonds is 5. The molecule has 0 spiro atoms. The number of hydrogen-bond donors (Lipinski definition) is 1. The van der Waals surface area contributed by atoms with Crippen LogP contribution in [0.25, 0.3) is 11.0 Å². The highest BCUT2D eigenvalue weighted by Crippen LogP contribution is 2.42. The monoisotopic (exact) mass is 275 g/mol. The molecule has 108 valence electrons. The molecule has 3 rings (SSSR count). The minimum absolute atomic E-state index is 0.220. The van der Waals surface area contributed by atoms with E-state index in [2.05, 4.69) is 16.5 Å². The third kappa shape index (κ3) is 2.22. The van der Waals surface area contributed by atoms with Gasteiger partial charge in [-0.1, -0.05) is 13.3 Å². The van der Waals surface area contributed by atoms with E-state index in [9.17, 15) is 4.39 Å². The predicted molar refractivity (Wildman–Crippen MR) is 79.0 cm³/mol. The normalized spacial score (nSPS) is 17.4. The molecular formula is C16H22FN3. The molecule has 2 aromatic rings. The standard InChI is InChI=1S/C16H22FN3/c1-2-8-20-14-5-4-12(17)9-13(14)19-15(20)10-16(11-18)6-3-7-16/h4-5,9H,2-3,6-8,10-11,18H2,1H3. The highest BCUT2D eigenvalue weighted by atomic mass is 19.1. The quantitative estimate of drug-likeness (QED) is 0.910. The van der Waals surface area contributed by atoms with Crippen molar-refractivity contribution in [3.63, 3.8) is 0 Å². The van der Waals surface area contributed by atoms with E-state index < -0.39 is 0 Å². The number of imidazole rings is 1. The van der Waals surface area contributed by atoms with Gasteiger partial charge in [-0.2, -0.15) is 0 Å². The minimum atomic E-state index is -0.220. The van der Waals surface area contributed by atoms with Crippen molar-refractivity contribution >= 4 is 11.0 Å². The molecule has 0 aliphatic heterocycles. The van der Waals surface area contributed by atoms with Gasteiger partial charge in [0.05, 0.1) is 11.0 Å². The van der Waals surface area contributed by atoms with E-state index in [1.807, 2.05) is 6.07 Å². The Morgan fingerprint density at radius 3 is 2.80 bits per heavy atom. The Morgan fingerprint density at radius 2 is 2.20 bits per heavy atom. The third-order valence-corrected chi connectivity index (χ3v) is 4.62. The summed E-state index contributed by atoms with van der Waals surface area (Å²) < 4.78 is 15.6. The van der Waals surface area contributed by atoms with E-state index in [-0.39, 0.29) is 11.2 Å². The second-order valence-electron chi connectivity index (χ2n) is 6.05. The second kappa shape index (κ2) is 5.17. The van der Waals surface area contributed by atoms with Crippen molar-refractivity contribution < 1.29 is 4.39 Å². The van der Waals surface area contributed by atoms with Gasteiger partial charge in [0.1, 0.15) is 11.6 Å². The first kappa shape index (κ1) is 13.6. The first-order valence-corrected chi connectivity index (χ1v) is 7.52. The Balaban J connectivity index is 2.02. The molecule has 20 heavy (non-hydrogen) atoms. The lowest BCUT2D eigenvalue weighted by molar-refractivity contribution is 0.140. The average molecular weight is 275 g/mol. The lowest BCUT2D eigenvalue weighted by Gasteiger charge is -2.40. The Kier molecular flexibility index (Phi) is 3.50. The fourth-order valence-corrected chi connectivity index (χ4v) is 3.23. The Bertz CT molecular complexity index is 608. The van der Waals surface area contributed by atoms with Gasteiger partial charge in [-0.15, -0.1) is 0 Å². The van der Waals surface area contributed by atoms with Crippen LogP contribution in [0.15, 0.2) is 18.2 Å². The molecule has 1 aromatic carbocycles. The lowest BCUT2D eigenvalue weighted by atomic mass is 9.66. The molecule has 0 unspecified atom stereocenters. The topological polar surface area (TPSA) is 43.8 Å². The number of benzene rings is 1. The minimum Gasteiger partial charge on any atom is -0.330 e. The van der Waals surface area contributed by atoms with E-state index in [0.29, 0.717) is 0 Å². The molecule has 1 aliphatic rings. The van der Waals surface area contributed by atoms with E-state index in [0.717, 1.165) is 42.8 Å². The Labute approximate surface area is 119 Å². The number of nitrogens with zero attached hydrogens (tertiary/aromatic N) is 2. The van der Waals surface area contributed by atoms with Crippen LogP contribution in [-0.4, -0.2) is 16.1 Å². The van der Waals surface area contributed by atoms with Gasteiger partial charge < -0.3 is 10.3 Å². The summed E-state index contributed by atoms with van der Waals surface area (Å²) in [7, 11) is 0. The van der Waals surface area contributed by atoms with Crippen LogP contribution in [0.2, 0.25) is 0 Å². The summed E-state index contributed by atoms with van der Waals surface area (Å²) in [5, 5.41) is 0. The smallest absolute Gasteiger partial charge is 0.125 e. The summed E-state index contributed by atoms with van der Waals surface area (Å²) in [6, 6.07) is 4.88. The van der Waals surface area contributed by atoms with Crippen LogP contribution in [0.4, 0.5) is 4.39 Å². The Morgan fingerprint density at radius 1 is 1.40 bits per heavy atom. The van der Waals surface area contributed by atoms with Gasteiger partial charge in [0, 0.05) is 19.0 Å². The summed E-state index contributed by atoms with van der Waals surface area (Å²) in [5.41, 5.74) is 7.99. The number of aromatic nitrogens is 2. The first-order valence-electron chi connectivity index (χ1n) is 7.52. The van der Waals surface area contributed by atoms with Crippen molar-refractivity contribution in [1.82, 2.24) is 9.55 Å². The van der Waals surface area contributed by atoms with Gasteiger partial charge >= 0.3 is 0 Å². The second-order valence-corrected chi connectivity index (χ2v) is 6.05. The summed E-state index contributed by atoms with van der Waals surface area (Å²) in [5.74, 6) is 0.847. The maximum Gasteiger partial charge on any atom is 0.125 e. The van der Waals surface area contributed by atoms with Crippen LogP contribution >= 0.6 is 0 Å². The maximum absolute atomic E-state index is 13.4. The average Bonchev–Trinajstić information content (AvgIpc) is 2.71. The summed E-state index contributed by atoms with van der Waals surface area (Å²) in [6.07, 6.45) is 5.60. The zero-order chi connectivity index (χ0) is 14.2. The van der Waals surface area contributed by atoms with Gasteiger partial charge in [-0.05, 0) is 43.4 Å². The first-order chi connectivity index (χ1) is 9.67. The molecule has 1 saturated carbocycles. The maximum atomic E-state index is 13.4. The van der Waals surface area contributed by atoms with Gasteiger partial charge in [0.25, 0.3) is 0 Å². The van der Waals surface area contributed by atoms with Gasteiger partial charge in [0.2, 0.25) is 0 Å². The molecule has 3 nitrogen and oxygen atoms in total. The SMILES string of the molecule is CCCn1c(CC2(CN)CCC2)nc2cc(F)ccc21. The zero-order valence-electron chi connectivity index (χ0n) is 12.0. The number of hydrogen-bond acceptors (Lipinski definition) is 2. The molecule has 1 fully saturated rings. The summed E-state index contributed by atoms with van der Waals surface area (Å²) >= 11 is 0. The molecule has 0 radical (unpaired) electrons. The highest BCUT2D eigenvalue weighted by molar-refractivity contribution is 5.76. The third-order valence-electron chi connectivity index (χ3n) is 4.62. The van der Waals surface area contributed by atoms with Crippen molar-refractivity contribution in [3.8, 4) is 0 Å². The molecule has 0 bridgehead atoms. The number of nitrogens with two attached hydrogens (primary N) is 1. The highest BCUT2D eigenvalue weighted by Gasteiger charge is 2.37. The fraction of sp³-hybridized carbons (Fsp3) is 0.562. The molecule has 0 atom stereocenters. The van der Waals surface area contributed by atoms with Crippen LogP contribution in [0, 0.1) is 11.2 Å². The molecule has 0 amide bonds. The van der Waals surface area contributed by atoms with E-state index in [4.69, 9.17) is 5.73 Å². The molecule has 1 aliphatic carbocycles. The zero-order valence-corrected chi connectivity index (χ0v) is 12.0. The molecule has 1 heterocycles. The van der Waals surface area contributed by atoms with E-state index >= 15 is 0 Å². The van der Waals surface area contributed by atoms with Gasteiger partial charge in [0.15, 0.2) is 0 Å². The van der Waals surface area contributed by atoms with Crippen LogP contribution in [0.5, 0.6) is 0 Å². The van der Waals surface area contributed by atoms with Crippen molar-refractivity contribution in [2.75, 3.05) is 6.54 Å². The Hall–Kier alpha value is -1.42. The number of halogens is 1. The number of fused-ring (bicyclic) bond motifs is 1. The molecular weight excluding hydrogens is 253 g/mol. The van der Waals surface area contributed by atoms with Gasteiger partial charge in [-0.25, -0.2) is 9.37 Å².